The van der Waals surface area contributed by atoms with Crippen LogP contribution >= 0.6 is 11.3 Å². The number of thiazole rings is 1. The van der Waals surface area contributed by atoms with Crippen LogP contribution in [0.1, 0.15) is 29.0 Å². The van der Waals surface area contributed by atoms with E-state index in [0.29, 0.717) is 44.2 Å². The number of likely N-dealkylation sites (tertiary alicyclic amines) is 1. The van der Waals surface area contributed by atoms with E-state index >= 15 is 0 Å². The fourth-order valence-corrected chi connectivity index (χ4v) is 3.32. The third-order valence-electron chi connectivity index (χ3n) is 4.18. The fourth-order valence-electron chi connectivity index (χ4n) is 2.80. The lowest BCUT2D eigenvalue weighted by Gasteiger charge is -2.31. The van der Waals surface area contributed by atoms with Crippen molar-refractivity contribution in [3.8, 4) is 0 Å². The highest BCUT2D eigenvalue weighted by molar-refractivity contribution is 7.07. The zero-order chi connectivity index (χ0) is 18.0. The van der Waals surface area contributed by atoms with E-state index in [9.17, 15) is 22.8 Å². The van der Waals surface area contributed by atoms with Gasteiger partial charge in [-0.2, -0.15) is 13.2 Å². The maximum Gasteiger partial charge on any atom is 0.433 e. The Labute approximate surface area is 144 Å². The Balaban J connectivity index is 1.59. The van der Waals surface area contributed by atoms with Crippen LogP contribution in [0.5, 0.6) is 0 Å². The third-order valence-corrected chi connectivity index (χ3v) is 4.76. The van der Waals surface area contributed by atoms with E-state index in [0.717, 1.165) is 6.33 Å². The van der Waals surface area contributed by atoms with E-state index in [1.54, 1.807) is 15.8 Å². The SMILES string of the molecule is O=C(c1cscn1)N1CCC(Cn2cnc(C(F)(F)F)cc2=O)CC1. The number of nitrogens with zero attached hydrogens (tertiary/aromatic N) is 4. The average Bonchev–Trinajstić information content (AvgIpc) is 3.10. The number of alkyl halides is 3. The molecule has 10 heteroatoms. The van der Waals surface area contributed by atoms with Crippen LogP contribution in [0.3, 0.4) is 0 Å². The van der Waals surface area contributed by atoms with Crippen LogP contribution in [-0.4, -0.2) is 38.4 Å². The van der Waals surface area contributed by atoms with Crippen LogP contribution in [0, 0.1) is 5.92 Å². The van der Waals surface area contributed by atoms with E-state index in [2.05, 4.69) is 9.97 Å². The molecule has 0 atom stereocenters. The number of hydrogen-bond donors (Lipinski definition) is 0. The first-order valence-electron chi connectivity index (χ1n) is 7.66. The predicted molar refractivity (Wildman–Crippen MR) is 84.2 cm³/mol. The van der Waals surface area contributed by atoms with Crippen molar-refractivity contribution in [2.45, 2.75) is 25.6 Å². The largest absolute Gasteiger partial charge is 0.433 e. The van der Waals surface area contributed by atoms with Gasteiger partial charge in [-0.3, -0.25) is 14.2 Å². The molecule has 134 valence electrons. The number of piperidine rings is 1. The van der Waals surface area contributed by atoms with Gasteiger partial charge in [-0.15, -0.1) is 11.3 Å². The first-order valence-corrected chi connectivity index (χ1v) is 8.60. The number of halogens is 3. The standard InChI is InChI=1S/C15H15F3N4O2S/c16-15(17,18)12-5-13(23)22(8-19-12)6-10-1-3-21(4-2-10)14(24)11-7-25-9-20-11/h5,7-10H,1-4,6H2. The average molecular weight is 372 g/mol. The van der Waals surface area contributed by atoms with Crippen molar-refractivity contribution in [1.29, 1.82) is 0 Å². The highest BCUT2D eigenvalue weighted by Crippen LogP contribution is 2.26. The van der Waals surface area contributed by atoms with Crippen LogP contribution in [0.4, 0.5) is 13.2 Å². The predicted octanol–water partition coefficient (Wildman–Crippen LogP) is 2.27. The highest BCUT2D eigenvalue weighted by Gasteiger charge is 2.33. The van der Waals surface area contributed by atoms with Crippen molar-refractivity contribution in [2.75, 3.05) is 13.1 Å². The number of carbonyl (C=O) groups is 1. The maximum atomic E-state index is 12.5. The van der Waals surface area contributed by atoms with Crippen molar-refractivity contribution in [2.24, 2.45) is 5.92 Å². The minimum Gasteiger partial charge on any atom is -0.337 e. The molecule has 0 aliphatic carbocycles. The summed E-state index contributed by atoms with van der Waals surface area (Å²) in [5.74, 6) is -0.0104. The Morgan fingerprint density at radius 3 is 2.56 bits per heavy atom. The summed E-state index contributed by atoms with van der Waals surface area (Å²) in [5.41, 5.74) is 0.122. The van der Waals surface area contributed by atoms with Crippen molar-refractivity contribution in [1.82, 2.24) is 19.4 Å². The molecule has 3 heterocycles. The summed E-state index contributed by atoms with van der Waals surface area (Å²) in [4.78, 5) is 33.1. The molecule has 0 aromatic carbocycles. The summed E-state index contributed by atoms with van der Waals surface area (Å²) in [6.07, 6.45) is -2.34. The van der Waals surface area contributed by atoms with Gasteiger partial charge in [-0.1, -0.05) is 0 Å². The quantitative estimate of drug-likeness (QED) is 0.829. The molecule has 3 rings (SSSR count). The first kappa shape index (κ1) is 17.6. The number of carbonyl (C=O) groups excluding carboxylic acids is 1. The lowest BCUT2D eigenvalue weighted by molar-refractivity contribution is -0.141. The van der Waals surface area contributed by atoms with Gasteiger partial charge in [0.25, 0.3) is 11.5 Å². The number of aromatic nitrogens is 3. The third kappa shape index (κ3) is 4.06. The second kappa shape index (κ2) is 6.95. The summed E-state index contributed by atoms with van der Waals surface area (Å²) in [6, 6.07) is 0.515. The second-order valence-electron chi connectivity index (χ2n) is 5.87. The van der Waals surface area contributed by atoms with Crippen LogP contribution in [0.15, 0.2) is 28.1 Å². The van der Waals surface area contributed by atoms with Gasteiger partial charge in [0.15, 0.2) is 5.69 Å². The van der Waals surface area contributed by atoms with Crippen molar-refractivity contribution in [3.05, 3.63) is 45.0 Å². The molecule has 6 nitrogen and oxygen atoms in total. The molecule has 1 saturated heterocycles. The highest BCUT2D eigenvalue weighted by atomic mass is 32.1. The summed E-state index contributed by atoms with van der Waals surface area (Å²) < 4.78 is 38.8. The zero-order valence-corrected chi connectivity index (χ0v) is 13.9. The first-order chi connectivity index (χ1) is 11.8. The molecular weight excluding hydrogens is 357 g/mol. The van der Waals surface area contributed by atoms with E-state index in [-0.39, 0.29) is 11.8 Å². The molecular formula is C15H15F3N4O2S. The van der Waals surface area contributed by atoms with Crippen LogP contribution in [-0.2, 0) is 12.7 Å². The van der Waals surface area contributed by atoms with Gasteiger partial charge in [0.2, 0.25) is 0 Å². The molecule has 0 bridgehead atoms. The smallest absolute Gasteiger partial charge is 0.337 e. The summed E-state index contributed by atoms with van der Waals surface area (Å²) >= 11 is 1.35. The number of rotatable bonds is 3. The second-order valence-corrected chi connectivity index (χ2v) is 6.59. The van der Waals surface area contributed by atoms with E-state index in [4.69, 9.17) is 0 Å². The van der Waals surface area contributed by atoms with Gasteiger partial charge in [0.05, 0.1) is 11.8 Å². The monoisotopic (exact) mass is 372 g/mol. The van der Waals surface area contributed by atoms with Gasteiger partial charge in [-0.25, -0.2) is 9.97 Å². The van der Waals surface area contributed by atoms with Gasteiger partial charge in [-0.05, 0) is 18.8 Å². The van der Waals surface area contributed by atoms with Crippen LogP contribution in [0.25, 0.3) is 0 Å². The zero-order valence-electron chi connectivity index (χ0n) is 13.1. The van der Waals surface area contributed by atoms with Crippen LogP contribution in [0.2, 0.25) is 0 Å². The molecule has 25 heavy (non-hydrogen) atoms. The number of hydrogen-bond acceptors (Lipinski definition) is 5. The molecule has 0 spiro atoms. The maximum absolute atomic E-state index is 12.5. The summed E-state index contributed by atoms with van der Waals surface area (Å²) in [6.45, 7) is 1.36. The Morgan fingerprint density at radius 2 is 2.00 bits per heavy atom. The minimum atomic E-state index is -4.63. The summed E-state index contributed by atoms with van der Waals surface area (Å²) in [5, 5.41) is 1.70. The Morgan fingerprint density at radius 1 is 1.28 bits per heavy atom. The van der Waals surface area contributed by atoms with Gasteiger partial charge in [0, 0.05) is 31.1 Å². The topological polar surface area (TPSA) is 68.1 Å². The lowest BCUT2D eigenvalue weighted by Crippen LogP contribution is -2.40. The fraction of sp³-hybridized carbons (Fsp3) is 0.467. The van der Waals surface area contributed by atoms with E-state index in [1.165, 1.54) is 15.9 Å². The van der Waals surface area contributed by atoms with E-state index < -0.39 is 17.4 Å². The Hall–Kier alpha value is -2.23. The normalized spacial score (nSPS) is 16.2. The molecule has 1 aliphatic rings. The van der Waals surface area contributed by atoms with E-state index in [1.807, 2.05) is 0 Å². The molecule has 0 N–H and O–H groups in total. The van der Waals surface area contributed by atoms with Crippen molar-refractivity contribution >= 4 is 17.2 Å². The number of amides is 1. The molecule has 1 aliphatic heterocycles. The molecule has 0 saturated carbocycles. The molecule has 0 radical (unpaired) electrons. The minimum absolute atomic E-state index is 0.107. The molecule has 2 aromatic heterocycles. The lowest BCUT2D eigenvalue weighted by atomic mass is 9.96. The van der Waals surface area contributed by atoms with Crippen molar-refractivity contribution in [3.63, 3.8) is 0 Å². The van der Waals surface area contributed by atoms with Crippen molar-refractivity contribution < 1.29 is 18.0 Å². The Bertz CT molecular complexity index is 796. The summed E-state index contributed by atoms with van der Waals surface area (Å²) in [7, 11) is 0. The van der Waals surface area contributed by atoms with Gasteiger partial charge < -0.3 is 4.90 Å². The molecule has 0 unspecified atom stereocenters. The van der Waals surface area contributed by atoms with Gasteiger partial charge >= 0.3 is 6.18 Å². The van der Waals surface area contributed by atoms with Gasteiger partial charge in [0.1, 0.15) is 5.69 Å². The molecule has 1 amide bonds. The molecule has 1 fully saturated rings. The Kier molecular flexibility index (Phi) is 4.89. The molecule has 2 aromatic rings. The van der Waals surface area contributed by atoms with Crippen LogP contribution < -0.4 is 5.56 Å².